The third kappa shape index (κ3) is 3.33. The van der Waals surface area contributed by atoms with Crippen molar-refractivity contribution in [2.75, 3.05) is 30.9 Å². The molecule has 0 saturated carbocycles. The number of aromatic nitrogens is 2. The van der Waals surface area contributed by atoms with E-state index in [2.05, 4.69) is 9.88 Å². The molecule has 1 N–H and O–H groups in total. The zero-order chi connectivity index (χ0) is 21.0. The molecule has 1 aromatic carbocycles. The Morgan fingerprint density at radius 1 is 1.27 bits per heavy atom. The van der Waals surface area contributed by atoms with Gasteiger partial charge in [-0.3, -0.25) is 4.79 Å². The van der Waals surface area contributed by atoms with Crippen LogP contribution in [0.3, 0.4) is 0 Å². The molecular formula is C22H25N3O4S. The van der Waals surface area contributed by atoms with Crippen LogP contribution in [0.15, 0.2) is 35.4 Å². The summed E-state index contributed by atoms with van der Waals surface area (Å²) in [6.45, 7) is 3.10. The van der Waals surface area contributed by atoms with E-state index < -0.39 is 9.84 Å². The smallest absolute Gasteiger partial charge is 0.274 e. The summed E-state index contributed by atoms with van der Waals surface area (Å²) in [5.74, 6) is 0.446. The number of benzene rings is 1. The van der Waals surface area contributed by atoms with Gasteiger partial charge in [0, 0.05) is 73.5 Å². The minimum atomic E-state index is -3.15. The highest BCUT2D eigenvalue weighted by Gasteiger charge is 2.27. The molecule has 0 radical (unpaired) electrons. The van der Waals surface area contributed by atoms with Crippen LogP contribution in [0.5, 0.6) is 0 Å². The van der Waals surface area contributed by atoms with Crippen molar-refractivity contribution in [3.8, 4) is 11.1 Å². The Labute approximate surface area is 175 Å². The summed E-state index contributed by atoms with van der Waals surface area (Å²) in [7, 11) is -1.41. The van der Waals surface area contributed by atoms with E-state index in [-0.39, 0.29) is 11.3 Å². The lowest BCUT2D eigenvalue weighted by molar-refractivity contribution is 0.186. The Bertz CT molecular complexity index is 1300. The Hall–Kier alpha value is -2.58. The van der Waals surface area contributed by atoms with E-state index in [9.17, 15) is 13.2 Å². The Morgan fingerprint density at radius 3 is 2.83 bits per heavy atom. The van der Waals surface area contributed by atoms with Crippen LogP contribution in [-0.4, -0.2) is 44.0 Å². The number of H-pyrrole nitrogens is 1. The lowest BCUT2D eigenvalue weighted by Crippen LogP contribution is -2.29. The van der Waals surface area contributed by atoms with Gasteiger partial charge in [-0.2, -0.15) is 0 Å². The van der Waals surface area contributed by atoms with Gasteiger partial charge in [0.1, 0.15) is 5.52 Å². The number of sulfone groups is 1. The highest BCUT2D eigenvalue weighted by Crippen LogP contribution is 2.41. The van der Waals surface area contributed by atoms with Crippen molar-refractivity contribution in [3.05, 3.63) is 52.1 Å². The fourth-order valence-corrected chi connectivity index (χ4v) is 5.51. The second-order valence-electron chi connectivity index (χ2n) is 8.55. The minimum Gasteiger partial charge on any atom is -0.381 e. The van der Waals surface area contributed by atoms with Gasteiger partial charge in [-0.05, 0) is 29.7 Å². The SMILES string of the molecule is Cn1cc2c3c(c[nH]c3c1=O)CN(CC1CCOC1)c1ccc(CS(C)(=O)=O)cc1-2. The van der Waals surface area contributed by atoms with Gasteiger partial charge in [0.15, 0.2) is 9.84 Å². The van der Waals surface area contributed by atoms with Gasteiger partial charge >= 0.3 is 0 Å². The van der Waals surface area contributed by atoms with E-state index >= 15 is 0 Å². The lowest BCUT2D eigenvalue weighted by atomic mass is 9.99. The molecule has 0 spiro atoms. The van der Waals surface area contributed by atoms with Crippen LogP contribution < -0.4 is 10.5 Å². The van der Waals surface area contributed by atoms with Gasteiger partial charge in [-0.15, -0.1) is 0 Å². The number of ether oxygens (including phenoxy) is 1. The van der Waals surface area contributed by atoms with Gasteiger partial charge in [-0.1, -0.05) is 6.07 Å². The largest absolute Gasteiger partial charge is 0.381 e. The fourth-order valence-electron chi connectivity index (χ4n) is 4.72. The summed E-state index contributed by atoms with van der Waals surface area (Å²) in [6, 6.07) is 5.90. The molecule has 8 heteroatoms. The predicted molar refractivity (Wildman–Crippen MR) is 117 cm³/mol. The predicted octanol–water partition coefficient (Wildman–Crippen LogP) is 2.43. The van der Waals surface area contributed by atoms with Crippen molar-refractivity contribution >= 4 is 26.4 Å². The van der Waals surface area contributed by atoms with Crippen molar-refractivity contribution in [2.45, 2.75) is 18.7 Å². The lowest BCUT2D eigenvalue weighted by Gasteiger charge is -2.28. The number of rotatable bonds is 4. The van der Waals surface area contributed by atoms with Crippen LogP contribution in [0.2, 0.25) is 0 Å². The standard InChI is InChI=1S/C22H25N3O4S/c1-24-11-18-17-7-14(13-30(2,27)28)3-4-19(17)25(9-15-5-6-29-12-15)10-16-8-23-21(20(16)18)22(24)26/h3-4,7-8,11,15,23H,5-6,9-10,12-13H2,1-2H3. The van der Waals surface area contributed by atoms with Gasteiger partial charge in [-0.25, -0.2) is 8.42 Å². The number of nitrogens with zero attached hydrogens (tertiary/aromatic N) is 2. The molecule has 2 aromatic heterocycles. The minimum absolute atomic E-state index is 0.00829. The van der Waals surface area contributed by atoms with Crippen LogP contribution in [-0.2, 0) is 33.9 Å². The monoisotopic (exact) mass is 427 g/mol. The van der Waals surface area contributed by atoms with Crippen LogP contribution in [0, 0.1) is 5.92 Å². The third-order valence-electron chi connectivity index (χ3n) is 6.07. The molecule has 7 nitrogen and oxygen atoms in total. The zero-order valence-electron chi connectivity index (χ0n) is 17.1. The summed E-state index contributed by atoms with van der Waals surface area (Å²) in [4.78, 5) is 18.2. The molecule has 4 heterocycles. The Kier molecular flexibility index (Phi) is 4.52. The molecule has 2 aliphatic heterocycles. The fraction of sp³-hybridized carbons (Fsp3) is 0.409. The molecular weight excluding hydrogens is 402 g/mol. The van der Waals surface area contributed by atoms with Gasteiger partial charge in [0.2, 0.25) is 0 Å². The molecule has 1 saturated heterocycles. The quantitative estimate of drug-likeness (QED) is 0.691. The van der Waals surface area contributed by atoms with Gasteiger partial charge in [0.25, 0.3) is 5.56 Å². The van der Waals surface area contributed by atoms with Crippen molar-refractivity contribution in [2.24, 2.45) is 13.0 Å². The second kappa shape index (κ2) is 6.99. The third-order valence-corrected chi connectivity index (χ3v) is 6.93. The first-order valence-electron chi connectivity index (χ1n) is 10.1. The van der Waals surface area contributed by atoms with E-state index in [1.165, 1.54) is 6.26 Å². The Morgan fingerprint density at radius 2 is 2.10 bits per heavy atom. The van der Waals surface area contributed by atoms with Crippen LogP contribution in [0.1, 0.15) is 17.5 Å². The molecule has 2 aliphatic rings. The van der Waals surface area contributed by atoms with Crippen LogP contribution in [0.25, 0.3) is 22.0 Å². The van der Waals surface area contributed by atoms with Gasteiger partial charge < -0.3 is 19.2 Å². The molecule has 5 rings (SSSR count). The summed E-state index contributed by atoms with van der Waals surface area (Å²) in [5, 5.41) is 0.932. The number of fused-ring (bicyclic) bond motifs is 2. The van der Waals surface area contributed by atoms with Crippen LogP contribution >= 0.6 is 0 Å². The summed E-state index contributed by atoms with van der Waals surface area (Å²) in [5.41, 5.74) is 5.35. The highest BCUT2D eigenvalue weighted by atomic mass is 32.2. The van der Waals surface area contributed by atoms with E-state index in [1.807, 2.05) is 30.6 Å². The number of aryl methyl sites for hydroxylation is 1. The number of anilines is 1. The summed E-state index contributed by atoms with van der Waals surface area (Å²) < 4.78 is 31.0. The number of hydrogen-bond donors (Lipinski definition) is 1. The van der Waals surface area contributed by atoms with E-state index in [1.54, 1.807) is 11.6 Å². The molecule has 3 aromatic rings. The normalized spacial score (nSPS) is 18.6. The average molecular weight is 428 g/mol. The molecule has 30 heavy (non-hydrogen) atoms. The maximum Gasteiger partial charge on any atom is 0.274 e. The molecule has 0 amide bonds. The first-order valence-corrected chi connectivity index (χ1v) is 12.2. The summed E-state index contributed by atoms with van der Waals surface area (Å²) in [6.07, 6.45) is 6.08. The van der Waals surface area contributed by atoms with Crippen molar-refractivity contribution < 1.29 is 13.2 Å². The summed E-state index contributed by atoms with van der Waals surface area (Å²) >= 11 is 0. The van der Waals surface area contributed by atoms with Crippen molar-refractivity contribution in [1.82, 2.24) is 9.55 Å². The molecule has 0 aliphatic carbocycles. The van der Waals surface area contributed by atoms with E-state index in [0.717, 1.165) is 59.5 Å². The molecule has 158 valence electrons. The van der Waals surface area contributed by atoms with Crippen LogP contribution in [0.4, 0.5) is 5.69 Å². The maximum atomic E-state index is 12.7. The molecule has 0 bridgehead atoms. The molecule has 1 unspecified atom stereocenters. The van der Waals surface area contributed by atoms with Crippen molar-refractivity contribution in [1.29, 1.82) is 0 Å². The molecule has 1 fully saturated rings. The zero-order valence-corrected chi connectivity index (χ0v) is 18.0. The number of pyridine rings is 1. The first-order chi connectivity index (χ1) is 14.3. The topological polar surface area (TPSA) is 84.4 Å². The van der Waals surface area contributed by atoms with Gasteiger partial charge in [0.05, 0.1) is 12.4 Å². The second-order valence-corrected chi connectivity index (χ2v) is 10.7. The highest BCUT2D eigenvalue weighted by molar-refractivity contribution is 7.89. The number of nitrogens with one attached hydrogen (secondary N) is 1. The first kappa shape index (κ1) is 19.4. The maximum absolute atomic E-state index is 12.7. The average Bonchev–Trinajstić information content (AvgIpc) is 3.31. The number of aromatic amines is 1. The van der Waals surface area contributed by atoms with E-state index in [4.69, 9.17) is 4.74 Å². The molecule has 1 atom stereocenters. The van der Waals surface area contributed by atoms with E-state index in [0.29, 0.717) is 18.0 Å². The van der Waals surface area contributed by atoms with Crippen molar-refractivity contribution in [3.63, 3.8) is 0 Å². The Balaban J connectivity index is 1.73. The number of hydrogen-bond acceptors (Lipinski definition) is 5.